The van der Waals surface area contributed by atoms with Gasteiger partial charge in [-0.05, 0) is 29.3 Å². The summed E-state index contributed by atoms with van der Waals surface area (Å²) in [5, 5.41) is 9.24. The van der Waals surface area contributed by atoms with Gasteiger partial charge in [-0.3, -0.25) is 4.98 Å². The highest BCUT2D eigenvalue weighted by molar-refractivity contribution is 5.70. The van der Waals surface area contributed by atoms with Crippen LogP contribution >= 0.6 is 0 Å². The van der Waals surface area contributed by atoms with Gasteiger partial charge in [-0.2, -0.15) is 0 Å². The van der Waals surface area contributed by atoms with Gasteiger partial charge in [0.2, 0.25) is 0 Å². The Labute approximate surface area is 129 Å². The monoisotopic (exact) mass is 291 g/mol. The van der Waals surface area contributed by atoms with Crippen molar-refractivity contribution in [2.24, 2.45) is 0 Å². The highest BCUT2D eigenvalue weighted by Gasteiger charge is 2.07. The zero-order chi connectivity index (χ0) is 15.2. The summed E-state index contributed by atoms with van der Waals surface area (Å²) >= 11 is 0. The van der Waals surface area contributed by atoms with E-state index in [1.807, 2.05) is 66.7 Å². The Bertz CT molecular complexity index is 741. The zero-order valence-corrected chi connectivity index (χ0v) is 12.1. The van der Waals surface area contributed by atoms with E-state index < -0.39 is 0 Å². The fourth-order valence-corrected chi connectivity index (χ4v) is 2.30. The first-order valence-corrected chi connectivity index (χ1v) is 7.19. The van der Waals surface area contributed by atoms with Crippen molar-refractivity contribution in [1.29, 1.82) is 0 Å². The van der Waals surface area contributed by atoms with Crippen LogP contribution in [0.3, 0.4) is 0 Å². The van der Waals surface area contributed by atoms with E-state index in [1.165, 1.54) is 0 Å². The summed E-state index contributed by atoms with van der Waals surface area (Å²) in [5.74, 6) is 0.821. The molecule has 0 spiro atoms. The molecule has 0 radical (unpaired) electrons. The number of benzene rings is 2. The average Bonchev–Trinajstić information content (AvgIpc) is 2.61. The Balaban J connectivity index is 1.86. The van der Waals surface area contributed by atoms with Gasteiger partial charge in [-0.25, -0.2) is 0 Å². The predicted octanol–water partition coefficient (Wildman–Crippen LogP) is 3.82. The lowest BCUT2D eigenvalue weighted by atomic mass is 10.1. The Morgan fingerprint density at radius 1 is 0.909 bits per heavy atom. The summed E-state index contributed by atoms with van der Waals surface area (Å²) in [6, 6.07) is 21.8. The van der Waals surface area contributed by atoms with Crippen LogP contribution in [-0.2, 0) is 13.2 Å². The molecule has 3 aromatic rings. The van der Waals surface area contributed by atoms with Crippen molar-refractivity contribution in [3.63, 3.8) is 0 Å². The smallest absolute Gasteiger partial charge is 0.127 e. The number of aliphatic hydroxyl groups is 1. The van der Waals surface area contributed by atoms with Crippen LogP contribution in [-0.4, -0.2) is 10.1 Å². The summed E-state index contributed by atoms with van der Waals surface area (Å²) in [6.45, 7) is 0.455. The van der Waals surface area contributed by atoms with E-state index in [-0.39, 0.29) is 6.61 Å². The molecule has 0 bridgehead atoms. The molecule has 3 nitrogen and oxygen atoms in total. The first-order chi connectivity index (χ1) is 10.9. The molecule has 0 aliphatic rings. The standard InChI is InChI=1S/C19H17NO2/c21-13-17-12-16(10-11-20-17)18-8-4-5-9-19(18)22-14-15-6-2-1-3-7-15/h1-12,21H,13-14H2. The lowest BCUT2D eigenvalue weighted by Crippen LogP contribution is -1.97. The Morgan fingerprint density at radius 2 is 1.68 bits per heavy atom. The highest BCUT2D eigenvalue weighted by atomic mass is 16.5. The molecule has 22 heavy (non-hydrogen) atoms. The van der Waals surface area contributed by atoms with Gasteiger partial charge in [0.05, 0.1) is 12.3 Å². The minimum Gasteiger partial charge on any atom is -0.488 e. The quantitative estimate of drug-likeness (QED) is 0.777. The van der Waals surface area contributed by atoms with Crippen molar-refractivity contribution < 1.29 is 9.84 Å². The van der Waals surface area contributed by atoms with Gasteiger partial charge < -0.3 is 9.84 Å². The van der Waals surface area contributed by atoms with Crippen LogP contribution in [0.1, 0.15) is 11.3 Å². The van der Waals surface area contributed by atoms with Crippen LogP contribution in [0.4, 0.5) is 0 Å². The fraction of sp³-hybridized carbons (Fsp3) is 0.105. The van der Waals surface area contributed by atoms with E-state index in [2.05, 4.69) is 4.98 Å². The number of nitrogens with zero attached hydrogens (tertiary/aromatic N) is 1. The molecule has 0 aliphatic carbocycles. The van der Waals surface area contributed by atoms with E-state index in [1.54, 1.807) is 6.20 Å². The van der Waals surface area contributed by atoms with Gasteiger partial charge in [0.1, 0.15) is 12.4 Å². The molecule has 3 heteroatoms. The zero-order valence-electron chi connectivity index (χ0n) is 12.1. The van der Waals surface area contributed by atoms with Gasteiger partial charge in [0.15, 0.2) is 0 Å². The maximum Gasteiger partial charge on any atom is 0.127 e. The van der Waals surface area contributed by atoms with Gasteiger partial charge in [-0.15, -0.1) is 0 Å². The van der Waals surface area contributed by atoms with Crippen molar-refractivity contribution in [3.8, 4) is 16.9 Å². The Hall–Kier alpha value is -2.65. The van der Waals surface area contributed by atoms with E-state index in [0.29, 0.717) is 12.3 Å². The van der Waals surface area contributed by atoms with Crippen molar-refractivity contribution in [3.05, 3.63) is 84.2 Å². The summed E-state index contributed by atoms with van der Waals surface area (Å²) in [5.41, 5.74) is 3.76. The molecule has 0 saturated heterocycles. The second-order valence-corrected chi connectivity index (χ2v) is 4.96. The molecule has 0 amide bonds. The van der Waals surface area contributed by atoms with Crippen LogP contribution < -0.4 is 4.74 Å². The highest BCUT2D eigenvalue weighted by Crippen LogP contribution is 2.30. The molecular formula is C19H17NO2. The first kappa shape index (κ1) is 14.3. The number of rotatable bonds is 5. The lowest BCUT2D eigenvalue weighted by molar-refractivity contribution is 0.277. The van der Waals surface area contributed by atoms with Gasteiger partial charge in [0, 0.05) is 11.8 Å². The molecule has 110 valence electrons. The van der Waals surface area contributed by atoms with Crippen LogP contribution in [0.2, 0.25) is 0 Å². The molecule has 3 rings (SSSR count). The molecule has 0 aliphatic heterocycles. The fourth-order valence-electron chi connectivity index (χ4n) is 2.30. The molecule has 1 N–H and O–H groups in total. The van der Waals surface area contributed by atoms with Crippen molar-refractivity contribution in [2.75, 3.05) is 0 Å². The maximum atomic E-state index is 9.24. The third-order valence-electron chi connectivity index (χ3n) is 3.41. The third kappa shape index (κ3) is 3.32. The minimum atomic E-state index is -0.0686. The van der Waals surface area contributed by atoms with E-state index in [4.69, 9.17) is 4.74 Å². The van der Waals surface area contributed by atoms with E-state index >= 15 is 0 Å². The normalized spacial score (nSPS) is 10.4. The largest absolute Gasteiger partial charge is 0.488 e. The predicted molar refractivity (Wildman–Crippen MR) is 86.4 cm³/mol. The topological polar surface area (TPSA) is 42.4 Å². The molecule has 0 saturated carbocycles. The summed E-state index contributed by atoms with van der Waals surface area (Å²) in [7, 11) is 0. The minimum absolute atomic E-state index is 0.0686. The number of hydrogen-bond donors (Lipinski definition) is 1. The SMILES string of the molecule is OCc1cc(-c2ccccc2OCc2ccccc2)ccn1. The van der Waals surface area contributed by atoms with Crippen LogP contribution in [0.15, 0.2) is 72.9 Å². The van der Waals surface area contributed by atoms with Crippen molar-refractivity contribution >= 4 is 0 Å². The van der Waals surface area contributed by atoms with Gasteiger partial charge in [-0.1, -0.05) is 48.5 Å². The van der Waals surface area contributed by atoms with Gasteiger partial charge in [0.25, 0.3) is 0 Å². The number of pyridine rings is 1. The summed E-state index contributed by atoms with van der Waals surface area (Å²) in [4.78, 5) is 4.12. The van der Waals surface area contributed by atoms with Crippen molar-refractivity contribution in [1.82, 2.24) is 4.98 Å². The van der Waals surface area contributed by atoms with Crippen molar-refractivity contribution in [2.45, 2.75) is 13.2 Å². The molecule has 1 aromatic heterocycles. The number of hydrogen-bond acceptors (Lipinski definition) is 3. The third-order valence-corrected chi connectivity index (χ3v) is 3.41. The second-order valence-electron chi connectivity index (χ2n) is 4.96. The van der Waals surface area contributed by atoms with Gasteiger partial charge >= 0.3 is 0 Å². The molecule has 2 aromatic carbocycles. The maximum absolute atomic E-state index is 9.24. The number of aliphatic hydroxyl groups excluding tert-OH is 1. The van der Waals surface area contributed by atoms with Crippen LogP contribution in [0, 0.1) is 0 Å². The van der Waals surface area contributed by atoms with Crippen LogP contribution in [0.5, 0.6) is 5.75 Å². The average molecular weight is 291 g/mol. The Kier molecular flexibility index (Phi) is 4.47. The van der Waals surface area contributed by atoms with Crippen LogP contribution in [0.25, 0.3) is 11.1 Å². The molecule has 0 atom stereocenters. The van der Waals surface area contributed by atoms with E-state index in [9.17, 15) is 5.11 Å². The molecular weight excluding hydrogens is 274 g/mol. The second kappa shape index (κ2) is 6.87. The first-order valence-electron chi connectivity index (χ1n) is 7.19. The molecule has 0 fully saturated rings. The lowest BCUT2D eigenvalue weighted by Gasteiger charge is -2.12. The Morgan fingerprint density at radius 3 is 2.50 bits per heavy atom. The van der Waals surface area contributed by atoms with E-state index in [0.717, 1.165) is 22.4 Å². The molecule has 1 heterocycles. The molecule has 0 unspecified atom stereocenters. The number of ether oxygens (including phenoxy) is 1. The number of para-hydroxylation sites is 1. The number of aromatic nitrogens is 1. The summed E-state index contributed by atoms with van der Waals surface area (Å²) in [6.07, 6.45) is 1.70. The summed E-state index contributed by atoms with van der Waals surface area (Å²) < 4.78 is 5.97.